The van der Waals surface area contributed by atoms with Crippen LogP contribution >= 0.6 is 0 Å². The van der Waals surface area contributed by atoms with Crippen LogP contribution in [0.2, 0.25) is 0 Å². The molecule has 1 aliphatic heterocycles. The summed E-state index contributed by atoms with van der Waals surface area (Å²) in [5.74, 6) is 0.428. The monoisotopic (exact) mass is 247 g/mol. The minimum absolute atomic E-state index is 0.102. The van der Waals surface area contributed by atoms with E-state index in [1.165, 1.54) is 6.07 Å². The van der Waals surface area contributed by atoms with Crippen LogP contribution in [0.4, 0.5) is 18.9 Å². The molecule has 0 saturated carbocycles. The summed E-state index contributed by atoms with van der Waals surface area (Å²) in [6, 6.07) is 3.38. The fourth-order valence-corrected chi connectivity index (χ4v) is 1.80. The highest BCUT2D eigenvalue weighted by Gasteiger charge is 2.32. The fraction of sp³-hybridized carbons (Fsp3) is 0.455. The van der Waals surface area contributed by atoms with Gasteiger partial charge in [-0.3, -0.25) is 0 Å². The van der Waals surface area contributed by atoms with Crippen LogP contribution < -0.4 is 9.64 Å². The van der Waals surface area contributed by atoms with Crippen LogP contribution in [0.25, 0.3) is 0 Å². The van der Waals surface area contributed by atoms with Gasteiger partial charge in [0.15, 0.2) is 0 Å². The van der Waals surface area contributed by atoms with Crippen LogP contribution in [-0.2, 0) is 6.18 Å². The zero-order valence-corrected chi connectivity index (χ0v) is 9.00. The molecule has 1 aliphatic rings. The van der Waals surface area contributed by atoms with E-state index in [-0.39, 0.29) is 6.61 Å². The first-order chi connectivity index (χ1) is 8.02. The Balaban J connectivity index is 2.37. The predicted octanol–water partition coefficient (Wildman–Crippen LogP) is 1.90. The first-order valence-electron chi connectivity index (χ1n) is 5.22. The standard InChI is InChI=1S/C11H12F3NO2/c12-11(13,14)8-1-2-10-9(7-8)15(3-5-16)4-6-17-10/h1-2,7,16H,3-6H2. The topological polar surface area (TPSA) is 32.7 Å². The molecule has 1 N–H and O–H groups in total. The number of hydrogen-bond acceptors (Lipinski definition) is 3. The second-order valence-corrected chi connectivity index (χ2v) is 3.74. The Morgan fingerprint density at radius 3 is 2.76 bits per heavy atom. The summed E-state index contributed by atoms with van der Waals surface area (Å²) in [7, 11) is 0. The maximum absolute atomic E-state index is 12.6. The lowest BCUT2D eigenvalue weighted by Crippen LogP contribution is -2.35. The molecule has 0 bridgehead atoms. The van der Waals surface area contributed by atoms with Crippen molar-refractivity contribution in [2.45, 2.75) is 6.18 Å². The predicted molar refractivity (Wildman–Crippen MR) is 56.2 cm³/mol. The molecule has 1 heterocycles. The van der Waals surface area contributed by atoms with Gasteiger partial charge in [-0.05, 0) is 18.2 Å². The summed E-state index contributed by atoms with van der Waals surface area (Å²) in [6.45, 7) is 1.10. The number of aliphatic hydroxyl groups excluding tert-OH is 1. The summed E-state index contributed by atoms with van der Waals surface area (Å²) in [5.41, 5.74) is -0.315. The molecule has 0 spiro atoms. The Labute approximate surface area is 96.4 Å². The first kappa shape index (κ1) is 12.0. The molecule has 6 heteroatoms. The number of anilines is 1. The molecule has 0 unspecified atom stereocenters. The molecular formula is C11H12F3NO2. The molecule has 0 fully saturated rings. The van der Waals surface area contributed by atoms with E-state index in [1.54, 1.807) is 4.90 Å². The Kier molecular flexibility index (Phi) is 3.15. The van der Waals surface area contributed by atoms with E-state index < -0.39 is 11.7 Å². The number of nitrogens with zero attached hydrogens (tertiary/aromatic N) is 1. The van der Waals surface area contributed by atoms with Crippen LogP contribution in [0, 0.1) is 0 Å². The van der Waals surface area contributed by atoms with Gasteiger partial charge < -0.3 is 14.7 Å². The maximum atomic E-state index is 12.6. The fourth-order valence-electron chi connectivity index (χ4n) is 1.80. The molecule has 2 rings (SSSR count). The van der Waals surface area contributed by atoms with Gasteiger partial charge in [0.2, 0.25) is 0 Å². The van der Waals surface area contributed by atoms with E-state index in [4.69, 9.17) is 9.84 Å². The Bertz CT molecular complexity index is 406. The molecule has 0 atom stereocenters. The number of benzene rings is 1. The van der Waals surface area contributed by atoms with Crippen molar-refractivity contribution in [1.29, 1.82) is 0 Å². The number of halogens is 3. The molecule has 17 heavy (non-hydrogen) atoms. The number of alkyl halides is 3. The zero-order valence-electron chi connectivity index (χ0n) is 9.00. The molecule has 0 aromatic heterocycles. The minimum atomic E-state index is -4.36. The molecule has 0 radical (unpaired) electrons. The highest BCUT2D eigenvalue weighted by atomic mass is 19.4. The highest BCUT2D eigenvalue weighted by Crippen LogP contribution is 2.37. The van der Waals surface area contributed by atoms with Crippen LogP contribution in [0.5, 0.6) is 5.75 Å². The second-order valence-electron chi connectivity index (χ2n) is 3.74. The van der Waals surface area contributed by atoms with E-state index in [2.05, 4.69) is 0 Å². The third-order valence-corrected chi connectivity index (χ3v) is 2.62. The molecule has 3 nitrogen and oxygen atoms in total. The summed E-state index contributed by atoms with van der Waals surface area (Å²) in [6.07, 6.45) is -4.36. The van der Waals surface area contributed by atoms with E-state index in [9.17, 15) is 13.2 Å². The van der Waals surface area contributed by atoms with Gasteiger partial charge in [0, 0.05) is 6.54 Å². The molecule has 0 amide bonds. The first-order valence-corrected chi connectivity index (χ1v) is 5.22. The summed E-state index contributed by atoms with van der Waals surface area (Å²) >= 11 is 0. The Morgan fingerprint density at radius 1 is 1.35 bits per heavy atom. The van der Waals surface area contributed by atoms with Crippen molar-refractivity contribution in [3.63, 3.8) is 0 Å². The molecule has 0 aliphatic carbocycles. The van der Waals surface area contributed by atoms with E-state index >= 15 is 0 Å². The number of hydrogen-bond donors (Lipinski definition) is 1. The zero-order chi connectivity index (χ0) is 12.5. The van der Waals surface area contributed by atoms with Crippen molar-refractivity contribution >= 4 is 5.69 Å². The van der Waals surface area contributed by atoms with Crippen molar-refractivity contribution in [1.82, 2.24) is 0 Å². The summed E-state index contributed by atoms with van der Waals surface area (Å²) < 4.78 is 43.0. The van der Waals surface area contributed by atoms with Gasteiger partial charge in [-0.15, -0.1) is 0 Å². The number of fused-ring (bicyclic) bond motifs is 1. The number of β-amino-alcohol motifs (C(OH)–C–C–N with tert-alkyl or cyclic N) is 1. The minimum Gasteiger partial charge on any atom is -0.490 e. The molecular weight excluding hydrogens is 235 g/mol. The number of rotatable bonds is 2. The average molecular weight is 247 g/mol. The van der Waals surface area contributed by atoms with Crippen molar-refractivity contribution in [2.75, 3.05) is 31.2 Å². The normalized spacial score (nSPS) is 15.4. The Morgan fingerprint density at radius 2 is 2.12 bits per heavy atom. The lowest BCUT2D eigenvalue weighted by atomic mass is 10.1. The van der Waals surface area contributed by atoms with Gasteiger partial charge in [0.1, 0.15) is 12.4 Å². The van der Waals surface area contributed by atoms with Gasteiger partial charge >= 0.3 is 6.18 Å². The summed E-state index contributed by atoms with van der Waals surface area (Å²) in [4.78, 5) is 1.69. The van der Waals surface area contributed by atoms with Gasteiger partial charge in [-0.1, -0.05) is 0 Å². The lowest BCUT2D eigenvalue weighted by Gasteiger charge is -2.31. The van der Waals surface area contributed by atoms with Crippen LogP contribution in [0.15, 0.2) is 18.2 Å². The maximum Gasteiger partial charge on any atom is 0.416 e. The molecule has 0 saturated heterocycles. The third-order valence-electron chi connectivity index (χ3n) is 2.62. The molecule has 1 aromatic carbocycles. The van der Waals surface area contributed by atoms with E-state index in [0.717, 1.165) is 12.1 Å². The van der Waals surface area contributed by atoms with Crippen molar-refractivity contribution in [2.24, 2.45) is 0 Å². The van der Waals surface area contributed by atoms with Crippen molar-refractivity contribution in [3.8, 4) is 5.75 Å². The van der Waals surface area contributed by atoms with Crippen LogP contribution in [0.3, 0.4) is 0 Å². The number of ether oxygens (including phenoxy) is 1. The Hall–Kier alpha value is -1.43. The number of aliphatic hydroxyl groups is 1. The average Bonchev–Trinajstić information content (AvgIpc) is 2.28. The van der Waals surface area contributed by atoms with E-state index in [1.807, 2.05) is 0 Å². The summed E-state index contributed by atoms with van der Waals surface area (Å²) in [5, 5.41) is 8.87. The van der Waals surface area contributed by atoms with Crippen molar-refractivity contribution < 1.29 is 23.0 Å². The van der Waals surface area contributed by atoms with Crippen LogP contribution in [0.1, 0.15) is 5.56 Å². The largest absolute Gasteiger partial charge is 0.490 e. The van der Waals surface area contributed by atoms with Gasteiger partial charge in [0.25, 0.3) is 0 Å². The smallest absolute Gasteiger partial charge is 0.416 e. The van der Waals surface area contributed by atoms with Gasteiger partial charge in [0.05, 0.1) is 24.4 Å². The molecule has 1 aromatic rings. The molecule has 94 valence electrons. The quantitative estimate of drug-likeness (QED) is 0.866. The SMILES string of the molecule is OCCN1CCOc2ccc(C(F)(F)F)cc21. The third kappa shape index (κ3) is 2.46. The lowest BCUT2D eigenvalue weighted by molar-refractivity contribution is -0.137. The van der Waals surface area contributed by atoms with Gasteiger partial charge in [-0.2, -0.15) is 13.2 Å². The van der Waals surface area contributed by atoms with E-state index in [0.29, 0.717) is 31.1 Å². The van der Waals surface area contributed by atoms with Crippen LogP contribution in [-0.4, -0.2) is 31.4 Å². The highest BCUT2D eigenvalue weighted by molar-refractivity contribution is 5.61. The van der Waals surface area contributed by atoms with Gasteiger partial charge in [-0.25, -0.2) is 0 Å². The van der Waals surface area contributed by atoms with Crippen molar-refractivity contribution in [3.05, 3.63) is 23.8 Å². The second kappa shape index (κ2) is 4.44.